The van der Waals surface area contributed by atoms with Gasteiger partial charge in [0.15, 0.2) is 0 Å². The first-order chi connectivity index (χ1) is 16.5. The van der Waals surface area contributed by atoms with Crippen LogP contribution in [0, 0.1) is 12.3 Å². The molecule has 4 rings (SSSR count). The van der Waals surface area contributed by atoms with Gasteiger partial charge in [0.25, 0.3) is 5.91 Å². The van der Waals surface area contributed by atoms with E-state index in [0.717, 1.165) is 28.5 Å². The van der Waals surface area contributed by atoms with Crippen molar-refractivity contribution in [3.63, 3.8) is 0 Å². The van der Waals surface area contributed by atoms with Gasteiger partial charge >= 0.3 is 12.1 Å². The minimum absolute atomic E-state index is 0.0118. The molecular weight excluding hydrogens is 438 g/mol. The first-order valence-corrected chi connectivity index (χ1v) is 10.5. The summed E-state index contributed by atoms with van der Waals surface area (Å²) in [7, 11) is 0. The van der Waals surface area contributed by atoms with Crippen LogP contribution < -0.4 is 10.6 Å². The summed E-state index contributed by atoms with van der Waals surface area (Å²) in [6, 6.07) is 14.7. The number of aromatic nitrogens is 1. The largest absolute Gasteiger partial charge is 0.480 e. The maximum Gasteiger partial charge on any atom is 0.407 e. The number of rotatable bonds is 8. The fraction of sp³-hybridized carbons (Fsp3) is 0.200. The van der Waals surface area contributed by atoms with Crippen LogP contribution >= 0.6 is 0 Å². The van der Waals surface area contributed by atoms with Crippen molar-refractivity contribution in [1.29, 1.82) is 0 Å². The van der Waals surface area contributed by atoms with Gasteiger partial charge in [-0.1, -0.05) is 53.7 Å². The molecule has 0 spiro atoms. The smallest absolute Gasteiger partial charge is 0.407 e. The predicted octanol–water partition coefficient (Wildman–Crippen LogP) is 2.92. The van der Waals surface area contributed by atoms with E-state index in [0.29, 0.717) is 0 Å². The molecule has 9 heteroatoms. The molecule has 0 aliphatic heterocycles. The Morgan fingerprint density at radius 3 is 2.38 bits per heavy atom. The summed E-state index contributed by atoms with van der Waals surface area (Å²) in [4.78, 5) is 36.0. The number of nitrogens with one attached hydrogen (secondary N) is 2. The predicted molar refractivity (Wildman–Crippen MR) is 121 cm³/mol. The van der Waals surface area contributed by atoms with Crippen molar-refractivity contribution in [2.45, 2.75) is 24.9 Å². The minimum atomic E-state index is -1.26. The molecule has 3 N–H and O–H groups in total. The van der Waals surface area contributed by atoms with E-state index in [1.165, 1.54) is 0 Å². The number of aliphatic carboxylic acids is 1. The third kappa shape index (κ3) is 4.61. The molecule has 1 aliphatic carbocycles. The van der Waals surface area contributed by atoms with Crippen molar-refractivity contribution in [3.05, 3.63) is 77.2 Å². The third-order valence-electron chi connectivity index (χ3n) is 5.56. The zero-order valence-electron chi connectivity index (χ0n) is 18.0. The molecule has 1 atom stereocenters. The van der Waals surface area contributed by atoms with Crippen molar-refractivity contribution in [1.82, 2.24) is 15.8 Å². The molecule has 1 aliphatic rings. The van der Waals surface area contributed by atoms with Crippen molar-refractivity contribution in [3.8, 4) is 23.5 Å². The fourth-order valence-electron chi connectivity index (χ4n) is 3.93. The second-order valence-electron chi connectivity index (χ2n) is 7.63. The maximum absolute atomic E-state index is 12.4. The number of fused-ring (bicyclic) bond motifs is 3. The molecule has 0 radical (unpaired) electrons. The Hall–Kier alpha value is -4.58. The molecule has 2 aromatic carbocycles. The molecule has 0 fully saturated rings. The number of terminal acetylenes is 1. The van der Waals surface area contributed by atoms with Gasteiger partial charge in [-0.15, -0.1) is 12.3 Å². The zero-order valence-corrected chi connectivity index (χ0v) is 18.0. The lowest BCUT2D eigenvalue weighted by Gasteiger charge is -2.14. The van der Waals surface area contributed by atoms with Crippen LogP contribution in [0.4, 0.5) is 4.79 Å². The number of hydrogen-bond donors (Lipinski definition) is 3. The van der Waals surface area contributed by atoms with Crippen molar-refractivity contribution < 1.29 is 28.8 Å². The minimum Gasteiger partial charge on any atom is -0.480 e. The van der Waals surface area contributed by atoms with Gasteiger partial charge in [-0.2, -0.15) is 0 Å². The van der Waals surface area contributed by atoms with Crippen LogP contribution in [0.25, 0.3) is 11.1 Å². The number of nitrogens with zero attached hydrogens (tertiary/aromatic N) is 1. The molecular formula is C25H21N3O6. The number of carbonyl (C=O) groups is 3. The lowest BCUT2D eigenvalue weighted by atomic mass is 9.98. The summed E-state index contributed by atoms with van der Waals surface area (Å²) in [6.45, 7) is -0.0127. The van der Waals surface area contributed by atoms with Crippen LogP contribution in [-0.2, 0) is 16.1 Å². The highest BCUT2D eigenvalue weighted by atomic mass is 16.5. The normalized spacial score (nSPS) is 12.7. The van der Waals surface area contributed by atoms with Crippen LogP contribution in [0.5, 0.6) is 0 Å². The van der Waals surface area contributed by atoms with E-state index in [4.69, 9.17) is 20.8 Å². The molecule has 172 valence electrons. The standard InChI is InChI=1S/C25H21N3O6/c1-2-7-21(24(30)31)27-23(29)20-14-34-28-22(20)12-26-25(32)33-13-19-17-10-5-3-8-15(17)16-9-4-6-11-18(16)19/h1,3-6,8-11,14,19,21H,7,12-13H2,(H,26,32)(H,27,29)(H,30,31). The second-order valence-corrected chi connectivity index (χ2v) is 7.63. The Kier molecular flexibility index (Phi) is 6.59. The molecule has 1 unspecified atom stereocenters. The number of hydrogen-bond acceptors (Lipinski definition) is 6. The number of carboxylic acids is 1. The molecule has 34 heavy (non-hydrogen) atoms. The molecule has 2 amide bonds. The van der Waals surface area contributed by atoms with E-state index in [-0.39, 0.29) is 36.7 Å². The van der Waals surface area contributed by atoms with Gasteiger partial charge in [0.05, 0.1) is 6.54 Å². The lowest BCUT2D eigenvalue weighted by Crippen LogP contribution is -2.40. The number of amides is 2. The van der Waals surface area contributed by atoms with Crippen molar-refractivity contribution in [2.24, 2.45) is 0 Å². The average Bonchev–Trinajstić information content (AvgIpc) is 3.44. The summed E-state index contributed by atoms with van der Waals surface area (Å²) in [5.41, 5.74) is 4.53. The van der Waals surface area contributed by atoms with Crippen molar-refractivity contribution in [2.75, 3.05) is 6.61 Å². The lowest BCUT2D eigenvalue weighted by molar-refractivity contribution is -0.139. The van der Waals surface area contributed by atoms with Crippen LogP contribution in [-0.4, -0.2) is 40.9 Å². The Labute approximate surface area is 195 Å². The van der Waals surface area contributed by atoms with Crippen molar-refractivity contribution >= 4 is 18.0 Å². The summed E-state index contributed by atoms with van der Waals surface area (Å²) in [5.74, 6) is 0.117. The highest BCUT2D eigenvalue weighted by Gasteiger charge is 2.29. The topological polar surface area (TPSA) is 131 Å². The quantitative estimate of drug-likeness (QED) is 0.442. The van der Waals surface area contributed by atoms with Crippen LogP contribution in [0.2, 0.25) is 0 Å². The van der Waals surface area contributed by atoms with Gasteiger partial charge in [-0.25, -0.2) is 9.59 Å². The number of carbonyl (C=O) groups excluding carboxylic acids is 2. The van der Waals surface area contributed by atoms with E-state index >= 15 is 0 Å². The van der Waals surface area contributed by atoms with Gasteiger partial charge in [-0.05, 0) is 22.3 Å². The Balaban J connectivity index is 1.36. The Bertz CT molecular complexity index is 1230. The summed E-state index contributed by atoms with van der Waals surface area (Å²) in [6.07, 6.45) is 5.34. The SMILES string of the molecule is C#CCC(NC(=O)c1conc1CNC(=O)OCC1c2ccccc2-c2ccccc21)C(=O)O. The first kappa shape index (κ1) is 22.6. The van der Waals surface area contributed by atoms with E-state index in [1.54, 1.807) is 0 Å². The monoisotopic (exact) mass is 459 g/mol. The molecule has 3 aromatic rings. The highest BCUT2D eigenvalue weighted by Crippen LogP contribution is 2.44. The fourth-order valence-corrected chi connectivity index (χ4v) is 3.93. The highest BCUT2D eigenvalue weighted by molar-refractivity contribution is 5.97. The van der Waals surface area contributed by atoms with Gasteiger partial charge in [0.2, 0.25) is 0 Å². The first-order valence-electron chi connectivity index (χ1n) is 10.5. The number of alkyl carbamates (subject to hydrolysis) is 1. The average molecular weight is 459 g/mol. The molecule has 9 nitrogen and oxygen atoms in total. The number of benzene rings is 2. The Morgan fingerprint density at radius 2 is 1.76 bits per heavy atom. The molecule has 1 heterocycles. The van der Waals surface area contributed by atoms with E-state index in [1.807, 2.05) is 48.5 Å². The van der Waals surface area contributed by atoms with Gasteiger partial charge in [-0.3, -0.25) is 4.79 Å². The van der Waals surface area contributed by atoms with Gasteiger partial charge < -0.3 is 25.0 Å². The Morgan fingerprint density at radius 1 is 1.12 bits per heavy atom. The van der Waals surface area contributed by atoms with Crippen LogP contribution in [0.1, 0.15) is 39.5 Å². The molecule has 0 bridgehead atoms. The van der Waals surface area contributed by atoms with Gasteiger partial charge in [0, 0.05) is 12.3 Å². The third-order valence-corrected chi connectivity index (χ3v) is 5.56. The van der Waals surface area contributed by atoms with Crippen LogP contribution in [0.15, 0.2) is 59.3 Å². The zero-order chi connectivity index (χ0) is 24.1. The van der Waals surface area contributed by atoms with E-state index in [2.05, 4.69) is 21.7 Å². The van der Waals surface area contributed by atoms with E-state index in [9.17, 15) is 14.4 Å². The second kappa shape index (κ2) is 9.92. The summed E-state index contributed by atoms with van der Waals surface area (Å²) in [5, 5.41) is 17.7. The summed E-state index contributed by atoms with van der Waals surface area (Å²) >= 11 is 0. The van der Waals surface area contributed by atoms with Crippen LogP contribution in [0.3, 0.4) is 0 Å². The molecule has 1 aromatic heterocycles. The number of carboxylic acid groups (broad SMARTS) is 1. The number of ether oxygens (including phenoxy) is 1. The molecule has 0 saturated heterocycles. The maximum atomic E-state index is 12.4. The van der Waals surface area contributed by atoms with Gasteiger partial charge in [0.1, 0.15) is 30.2 Å². The molecule has 0 saturated carbocycles. The van der Waals surface area contributed by atoms with E-state index < -0.39 is 24.0 Å². The summed E-state index contributed by atoms with van der Waals surface area (Å²) < 4.78 is 10.3.